The largest absolute Gasteiger partial charge is 0.319 e. The summed E-state index contributed by atoms with van der Waals surface area (Å²) in [5.74, 6) is -0.0675. The van der Waals surface area contributed by atoms with Crippen LogP contribution in [0.2, 0.25) is 0 Å². The van der Waals surface area contributed by atoms with Crippen LogP contribution >= 0.6 is 0 Å². The number of hydrogen-bond donors (Lipinski definition) is 3. The number of carbonyl (C=O) groups is 1. The normalized spacial score (nSPS) is 14.0. The second-order valence-electron chi connectivity index (χ2n) is 4.20. The van der Waals surface area contributed by atoms with Gasteiger partial charge in [-0.25, -0.2) is 4.98 Å². The summed E-state index contributed by atoms with van der Waals surface area (Å²) in [7, 11) is 0. The second kappa shape index (κ2) is 4.58. The van der Waals surface area contributed by atoms with E-state index in [1.807, 2.05) is 12.1 Å². The Bertz CT molecular complexity index is 564. The lowest BCUT2D eigenvalue weighted by Gasteiger charge is -2.17. The van der Waals surface area contributed by atoms with Gasteiger partial charge < -0.3 is 10.6 Å². The van der Waals surface area contributed by atoms with Crippen LogP contribution in [0.25, 0.3) is 0 Å². The molecule has 1 aliphatic rings. The summed E-state index contributed by atoms with van der Waals surface area (Å²) in [4.78, 5) is 15.6. The summed E-state index contributed by atoms with van der Waals surface area (Å²) in [5, 5.41) is 12.3. The number of hydrogen-bond acceptors (Lipinski definition) is 4. The number of fused-ring (bicyclic) bond motifs is 1. The van der Waals surface area contributed by atoms with E-state index in [4.69, 9.17) is 0 Å². The smallest absolute Gasteiger partial charge is 0.292 e. The molecule has 0 aliphatic carbocycles. The third-order valence-electron chi connectivity index (χ3n) is 2.98. The highest BCUT2D eigenvalue weighted by atomic mass is 16.2. The van der Waals surface area contributed by atoms with Gasteiger partial charge in [-0.2, -0.15) is 5.10 Å². The first-order valence-corrected chi connectivity index (χ1v) is 5.82. The zero-order valence-electron chi connectivity index (χ0n) is 9.73. The van der Waals surface area contributed by atoms with Crippen molar-refractivity contribution in [2.24, 2.45) is 0 Å². The molecule has 0 saturated heterocycles. The molecule has 3 rings (SSSR count). The monoisotopic (exact) mass is 243 g/mol. The van der Waals surface area contributed by atoms with Crippen LogP contribution in [0.3, 0.4) is 0 Å². The van der Waals surface area contributed by atoms with Crippen molar-refractivity contribution in [3.05, 3.63) is 41.5 Å². The highest BCUT2D eigenvalue weighted by Gasteiger charge is 2.12. The Balaban J connectivity index is 1.79. The Labute approximate surface area is 104 Å². The van der Waals surface area contributed by atoms with Gasteiger partial charge in [-0.1, -0.05) is 6.07 Å². The molecule has 1 aromatic carbocycles. The summed E-state index contributed by atoms with van der Waals surface area (Å²) in [6.45, 7) is 1.86. The molecular formula is C12H13N5O. The number of H-pyrrole nitrogens is 1. The molecule has 0 saturated carbocycles. The summed E-state index contributed by atoms with van der Waals surface area (Å²) in [5.41, 5.74) is 3.35. The lowest BCUT2D eigenvalue weighted by atomic mass is 10.0. The van der Waals surface area contributed by atoms with Crippen molar-refractivity contribution in [1.82, 2.24) is 20.5 Å². The second-order valence-corrected chi connectivity index (χ2v) is 4.20. The molecule has 1 amide bonds. The van der Waals surface area contributed by atoms with Crippen molar-refractivity contribution in [2.45, 2.75) is 13.0 Å². The van der Waals surface area contributed by atoms with E-state index in [1.165, 1.54) is 17.5 Å². The fraction of sp³-hybridized carbons (Fsp3) is 0.250. The standard InChI is InChI=1S/C12H13N5O/c18-12(11-14-7-15-17-11)16-10-2-1-8-3-4-13-6-9(8)5-10/h1-2,5,7,13H,3-4,6H2,(H,16,18)(H,14,15,17). The zero-order chi connectivity index (χ0) is 12.4. The molecule has 2 aromatic rings. The molecule has 2 heterocycles. The number of amides is 1. The van der Waals surface area contributed by atoms with E-state index in [0.717, 1.165) is 25.2 Å². The third kappa shape index (κ3) is 2.10. The average molecular weight is 243 g/mol. The molecule has 0 atom stereocenters. The first kappa shape index (κ1) is 10.9. The van der Waals surface area contributed by atoms with Crippen molar-refractivity contribution >= 4 is 11.6 Å². The van der Waals surface area contributed by atoms with E-state index >= 15 is 0 Å². The lowest BCUT2D eigenvalue weighted by Crippen LogP contribution is -2.23. The molecule has 0 fully saturated rings. The molecule has 0 spiro atoms. The van der Waals surface area contributed by atoms with Gasteiger partial charge in [-0.05, 0) is 36.2 Å². The minimum atomic E-state index is -0.281. The Hall–Kier alpha value is -2.21. The Morgan fingerprint density at radius 2 is 2.28 bits per heavy atom. The van der Waals surface area contributed by atoms with Crippen LogP contribution in [-0.2, 0) is 13.0 Å². The van der Waals surface area contributed by atoms with E-state index in [2.05, 4.69) is 31.9 Å². The van der Waals surface area contributed by atoms with Crippen molar-refractivity contribution < 1.29 is 4.79 Å². The van der Waals surface area contributed by atoms with Crippen LogP contribution in [0, 0.1) is 0 Å². The van der Waals surface area contributed by atoms with Crippen LogP contribution < -0.4 is 10.6 Å². The number of benzene rings is 1. The number of nitrogens with zero attached hydrogens (tertiary/aromatic N) is 2. The van der Waals surface area contributed by atoms with Crippen molar-refractivity contribution in [3.8, 4) is 0 Å². The van der Waals surface area contributed by atoms with Gasteiger partial charge in [-0.15, -0.1) is 0 Å². The maximum absolute atomic E-state index is 11.8. The van der Waals surface area contributed by atoms with E-state index in [1.54, 1.807) is 0 Å². The Morgan fingerprint density at radius 1 is 1.33 bits per heavy atom. The predicted molar refractivity (Wildman–Crippen MR) is 66.2 cm³/mol. The SMILES string of the molecule is O=C(Nc1ccc2c(c1)CNCC2)c1ncn[nH]1. The van der Waals surface area contributed by atoms with E-state index in [9.17, 15) is 4.79 Å². The summed E-state index contributed by atoms with van der Waals surface area (Å²) in [6, 6.07) is 5.97. The minimum absolute atomic E-state index is 0.214. The van der Waals surface area contributed by atoms with Gasteiger partial charge >= 0.3 is 0 Å². The molecular weight excluding hydrogens is 230 g/mol. The third-order valence-corrected chi connectivity index (χ3v) is 2.98. The van der Waals surface area contributed by atoms with Crippen LogP contribution in [-0.4, -0.2) is 27.6 Å². The van der Waals surface area contributed by atoms with Gasteiger partial charge in [0.2, 0.25) is 5.82 Å². The van der Waals surface area contributed by atoms with Gasteiger partial charge in [0.15, 0.2) is 0 Å². The highest BCUT2D eigenvalue weighted by molar-refractivity contribution is 6.01. The molecule has 6 nitrogen and oxygen atoms in total. The quantitative estimate of drug-likeness (QED) is 0.725. The molecule has 1 aliphatic heterocycles. The average Bonchev–Trinajstić information content (AvgIpc) is 2.92. The molecule has 3 N–H and O–H groups in total. The predicted octanol–water partition coefficient (Wildman–Crippen LogP) is 0.703. The van der Waals surface area contributed by atoms with E-state index in [0.29, 0.717) is 0 Å². The highest BCUT2D eigenvalue weighted by Crippen LogP contribution is 2.19. The topological polar surface area (TPSA) is 82.7 Å². The Kier molecular flexibility index (Phi) is 2.77. The van der Waals surface area contributed by atoms with Gasteiger partial charge in [0, 0.05) is 12.2 Å². The van der Waals surface area contributed by atoms with Crippen molar-refractivity contribution in [2.75, 3.05) is 11.9 Å². The molecule has 18 heavy (non-hydrogen) atoms. The summed E-state index contributed by atoms with van der Waals surface area (Å²) in [6.07, 6.45) is 2.34. The van der Waals surface area contributed by atoms with Gasteiger partial charge in [-0.3, -0.25) is 9.89 Å². The maximum atomic E-state index is 11.8. The van der Waals surface area contributed by atoms with Crippen LogP contribution in [0.15, 0.2) is 24.5 Å². The maximum Gasteiger partial charge on any atom is 0.292 e. The van der Waals surface area contributed by atoms with Gasteiger partial charge in [0.25, 0.3) is 5.91 Å². The van der Waals surface area contributed by atoms with Crippen molar-refractivity contribution in [1.29, 1.82) is 0 Å². The number of aromatic amines is 1. The Morgan fingerprint density at radius 3 is 3.11 bits per heavy atom. The van der Waals surface area contributed by atoms with Gasteiger partial charge in [0.1, 0.15) is 6.33 Å². The summed E-state index contributed by atoms with van der Waals surface area (Å²) >= 11 is 0. The lowest BCUT2D eigenvalue weighted by molar-refractivity contribution is 0.101. The van der Waals surface area contributed by atoms with Crippen LogP contribution in [0.5, 0.6) is 0 Å². The van der Waals surface area contributed by atoms with Crippen molar-refractivity contribution in [3.63, 3.8) is 0 Å². The number of anilines is 1. The number of nitrogens with one attached hydrogen (secondary N) is 3. The fourth-order valence-electron chi connectivity index (χ4n) is 2.06. The van der Waals surface area contributed by atoms with E-state index in [-0.39, 0.29) is 11.7 Å². The number of aromatic nitrogens is 3. The molecule has 0 bridgehead atoms. The number of rotatable bonds is 2. The molecule has 0 radical (unpaired) electrons. The first-order chi connectivity index (χ1) is 8.83. The zero-order valence-corrected chi connectivity index (χ0v) is 9.73. The molecule has 1 aromatic heterocycles. The van der Waals surface area contributed by atoms with E-state index < -0.39 is 0 Å². The van der Waals surface area contributed by atoms with Crippen LogP contribution in [0.4, 0.5) is 5.69 Å². The fourth-order valence-corrected chi connectivity index (χ4v) is 2.06. The molecule has 6 heteroatoms. The minimum Gasteiger partial charge on any atom is -0.319 e. The van der Waals surface area contributed by atoms with Crippen LogP contribution in [0.1, 0.15) is 21.7 Å². The molecule has 92 valence electrons. The molecule has 0 unspecified atom stereocenters. The number of carbonyl (C=O) groups excluding carboxylic acids is 1. The summed E-state index contributed by atoms with van der Waals surface area (Å²) < 4.78 is 0. The van der Waals surface area contributed by atoms with Gasteiger partial charge in [0.05, 0.1) is 0 Å². The first-order valence-electron chi connectivity index (χ1n) is 5.82.